The molecular weight excluding hydrogens is 270 g/mol. The third kappa shape index (κ3) is 2.56. The van der Waals surface area contributed by atoms with Crippen LogP contribution in [-0.4, -0.2) is 31.1 Å². The van der Waals surface area contributed by atoms with E-state index in [1.54, 1.807) is 12.7 Å². The SMILES string of the molecule is COc1ccc(C2CCN(C3C[C@H]4CC[C@H]3C4)CC2)c(C)c1. The molecule has 2 heteroatoms. The van der Waals surface area contributed by atoms with E-state index in [9.17, 15) is 0 Å². The minimum atomic E-state index is 0.751. The number of fused-ring (bicyclic) bond motifs is 2. The molecule has 1 aromatic rings. The van der Waals surface area contributed by atoms with Gasteiger partial charge in [-0.05, 0) is 93.1 Å². The molecule has 1 heterocycles. The fourth-order valence-corrected chi connectivity index (χ4v) is 5.43. The van der Waals surface area contributed by atoms with Gasteiger partial charge in [0.1, 0.15) is 5.75 Å². The summed E-state index contributed by atoms with van der Waals surface area (Å²) in [5, 5.41) is 0. The van der Waals surface area contributed by atoms with Crippen LogP contribution in [0.5, 0.6) is 5.75 Å². The van der Waals surface area contributed by atoms with Crippen LogP contribution in [0.4, 0.5) is 0 Å². The van der Waals surface area contributed by atoms with Gasteiger partial charge in [-0.25, -0.2) is 0 Å². The highest BCUT2D eigenvalue weighted by atomic mass is 16.5. The van der Waals surface area contributed by atoms with E-state index in [1.807, 2.05) is 0 Å². The zero-order valence-electron chi connectivity index (χ0n) is 14.1. The number of piperidine rings is 1. The summed E-state index contributed by atoms with van der Waals surface area (Å²) in [6.45, 7) is 4.86. The maximum absolute atomic E-state index is 5.34. The zero-order chi connectivity index (χ0) is 15.1. The van der Waals surface area contributed by atoms with Gasteiger partial charge in [-0.2, -0.15) is 0 Å². The van der Waals surface area contributed by atoms with Gasteiger partial charge in [0.25, 0.3) is 0 Å². The van der Waals surface area contributed by atoms with E-state index in [2.05, 4.69) is 30.0 Å². The molecule has 1 aliphatic heterocycles. The summed E-state index contributed by atoms with van der Waals surface area (Å²) in [7, 11) is 1.75. The Morgan fingerprint density at radius 2 is 1.86 bits per heavy atom. The second-order valence-corrected chi connectivity index (χ2v) is 7.77. The van der Waals surface area contributed by atoms with Crippen molar-refractivity contribution in [2.45, 2.75) is 57.4 Å². The fraction of sp³-hybridized carbons (Fsp3) is 0.700. The Morgan fingerprint density at radius 3 is 2.45 bits per heavy atom. The fourth-order valence-electron chi connectivity index (χ4n) is 5.43. The van der Waals surface area contributed by atoms with Gasteiger partial charge in [0.05, 0.1) is 7.11 Å². The molecule has 0 radical (unpaired) electrons. The standard InChI is InChI=1S/C20H29NO/c1-14-11-18(22-2)5-6-19(14)16-7-9-21(10-8-16)20-13-15-3-4-17(20)12-15/h5-6,11,15-17,20H,3-4,7-10,12-13H2,1-2H3/t15-,17-,20?/m0/s1. The summed E-state index contributed by atoms with van der Waals surface area (Å²) in [6, 6.07) is 7.55. The highest BCUT2D eigenvalue weighted by Crippen LogP contribution is 2.47. The molecule has 2 saturated carbocycles. The molecule has 4 rings (SSSR count). The number of likely N-dealkylation sites (tertiary alicyclic amines) is 1. The highest BCUT2D eigenvalue weighted by Gasteiger charge is 2.42. The van der Waals surface area contributed by atoms with Crippen LogP contribution in [0.1, 0.15) is 55.6 Å². The number of aryl methyl sites for hydroxylation is 1. The Balaban J connectivity index is 1.39. The highest BCUT2D eigenvalue weighted by molar-refractivity contribution is 5.37. The molecule has 2 bridgehead atoms. The Kier molecular flexibility index (Phi) is 3.89. The molecule has 0 amide bonds. The van der Waals surface area contributed by atoms with Gasteiger partial charge in [0, 0.05) is 6.04 Å². The van der Waals surface area contributed by atoms with Crippen LogP contribution in [0.2, 0.25) is 0 Å². The molecular formula is C20H29NO. The van der Waals surface area contributed by atoms with Crippen molar-refractivity contribution in [3.05, 3.63) is 29.3 Å². The van der Waals surface area contributed by atoms with Crippen LogP contribution < -0.4 is 4.74 Å². The maximum atomic E-state index is 5.34. The molecule has 0 aromatic heterocycles. The predicted octanol–water partition coefficient (Wildman–Crippen LogP) is 4.37. The van der Waals surface area contributed by atoms with Crippen LogP contribution >= 0.6 is 0 Å². The van der Waals surface area contributed by atoms with Gasteiger partial charge in [-0.3, -0.25) is 0 Å². The first-order chi connectivity index (χ1) is 10.7. The summed E-state index contributed by atoms with van der Waals surface area (Å²) in [4.78, 5) is 2.83. The lowest BCUT2D eigenvalue weighted by molar-refractivity contribution is 0.110. The Morgan fingerprint density at radius 1 is 1.05 bits per heavy atom. The number of ether oxygens (including phenoxy) is 1. The summed E-state index contributed by atoms with van der Waals surface area (Å²) in [5.41, 5.74) is 2.95. The molecule has 0 spiro atoms. The van der Waals surface area contributed by atoms with Crippen molar-refractivity contribution in [3.63, 3.8) is 0 Å². The van der Waals surface area contributed by atoms with Crippen molar-refractivity contribution in [1.29, 1.82) is 0 Å². The predicted molar refractivity (Wildman–Crippen MR) is 90.5 cm³/mol. The second-order valence-electron chi connectivity index (χ2n) is 7.77. The molecule has 0 N–H and O–H groups in total. The van der Waals surface area contributed by atoms with Crippen LogP contribution in [0.25, 0.3) is 0 Å². The number of benzene rings is 1. The zero-order valence-corrected chi connectivity index (χ0v) is 14.1. The van der Waals surface area contributed by atoms with Gasteiger partial charge < -0.3 is 9.64 Å². The monoisotopic (exact) mass is 299 g/mol. The lowest BCUT2D eigenvalue weighted by atomic mass is 9.85. The minimum Gasteiger partial charge on any atom is -0.497 e. The number of hydrogen-bond donors (Lipinski definition) is 0. The van der Waals surface area contributed by atoms with Crippen molar-refractivity contribution in [2.75, 3.05) is 20.2 Å². The number of methoxy groups -OCH3 is 1. The van der Waals surface area contributed by atoms with E-state index < -0.39 is 0 Å². The third-order valence-electron chi connectivity index (χ3n) is 6.62. The first-order valence-corrected chi connectivity index (χ1v) is 9.13. The van der Waals surface area contributed by atoms with Crippen molar-refractivity contribution in [2.24, 2.45) is 11.8 Å². The normalized spacial score (nSPS) is 32.5. The second kappa shape index (κ2) is 5.88. The summed E-state index contributed by atoms with van der Waals surface area (Å²) in [5.74, 6) is 3.84. The van der Waals surface area contributed by atoms with Crippen molar-refractivity contribution in [1.82, 2.24) is 4.90 Å². The van der Waals surface area contributed by atoms with Crippen LogP contribution in [-0.2, 0) is 0 Å². The lowest BCUT2D eigenvalue weighted by Gasteiger charge is -2.40. The molecule has 1 saturated heterocycles. The third-order valence-corrected chi connectivity index (χ3v) is 6.62. The Bertz CT molecular complexity index is 533. The van der Waals surface area contributed by atoms with E-state index in [1.165, 1.54) is 57.2 Å². The molecule has 2 aliphatic carbocycles. The average molecular weight is 299 g/mol. The Labute approximate surface area is 134 Å². The topological polar surface area (TPSA) is 12.5 Å². The smallest absolute Gasteiger partial charge is 0.119 e. The van der Waals surface area contributed by atoms with E-state index in [0.29, 0.717) is 0 Å². The molecule has 2 nitrogen and oxygen atoms in total. The van der Waals surface area contributed by atoms with Gasteiger partial charge >= 0.3 is 0 Å². The lowest BCUT2D eigenvalue weighted by Crippen LogP contribution is -2.43. The number of rotatable bonds is 3. The minimum absolute atomic E-state index is 0.751. The molecule has 1 unspecified atom stereocenters. The van der Waals surface area contributed by atoms with Gasteiger partial charge in [-0.1, -0.05) is 12.5 Å². The first-order valence-electron chi connectivity index (χ1n) is 9.13. The van der Waals surface area contributed by atoms with E-state index in [4.69, 9.17) is 4.74 Å². The summed E-state index contributed by atoms with van der Waals surface area (Å²) >= 11 is 0. The van der Waals surface area contributed by atoms with E-state index in [-0.39, 0.29) is 0 Å². The van der Waals surface area contributed by atoms with E-state index in [0.717, 1.165) is 29.5 Å². The molecule has 3 fully saturated rings. The Hall–Kier alpha value is -1.02. The van der Waals surface area contributed by atoms with Crippen LogP contribution in [0.3, 0.4) is 0 Å². The van der Waals surface area contributed by atoms with Crippen molar-refractivity contribution in [3.8, 4) is 5.75 Å². The first kappa shape index (κ1) is 14.6. The molecule has 22 heavy (non-hydrogen) atoms. The maximum Gasteiger partial charge on any atom is 0.119 e. The van der Waals surface area contributed by atoms with Crippen molar-refractivity contribution >= 4 is 0 Å². The van der Waals surface area contributed by atoms with E-state index >= 15 is 0 Å². The summed E-state index contributed by atoms with van der Waals surface area (Å²) in [6.07, 6.45) is 8.72. The van der Waals surface area contributed by atoms with Gasteiger partial charge in [0.2, 0.25) is 0 Å². The van der Waals surface area contributed by atoms with Gasteiger partial charge in [-0.15, -0.1) is 0 Å². The quantitative estimate of drug-likeness (QED) is 0.821. The molecule has 1 aromatic carbocycles. The average Bonchev–Trinajstić information content (AvgIpc) is 3.18. The van der Waals surface area contributed by atoms with Gasteiger partial charge in [0.15, 0.2) is 0 Å². The van der Waals surface area contributed by atoms with Crippen LogP contribution in [0.15, 0.2) is 18.2 Å². The number of nitrogens with zero attached hydrogens (tertiary/aromatic N) is 1. The van der Waals surface area contributed by atoms with Crippen molar-refractivity contribution < 1.29 is 4.74 Å². The molecule has 3 aliphatic rings. The largest absolute Gasteiger partial charge is 0.497 e. The molecule has 120 valence electrons. The molecule has 3 atom stereocenters. The van der Waals surface area contributed by atoms with Crippen LogP contribution in [0, 0.1) is 18.8 Å². The number of hydrogen-bond acceptors (Lipinski definition) is 2. The summed E-state index contributed by atoms with van der Waals surface area (Å²) < 4.78 is 5.34.